The number of benzene rings is 2. The number of amides is 5. The Labute approximate surface area is 229 Å². The Hall–Kier alpha value is -3.99. The lowest BCUT2D eigenvalue weighted by molar-refractivity contribution is 0.0373. The van der Waals surface area contributed by atoms with Gasteiger partial charge in [0.2, 0.25) is 0 Å². The molecule has 1 aliphatic rings. The fraction of sp³-hybridized carbons (Fsp3) is 0.464. The number of urea groups is 2. The molecular weight excluding hydrogens is 502 g/mol. The number of hydrogen-bond acceptors (Lipinski definition) is 6. The molecule has 5 amide bonds. The van der Waals surface area contributed by atoms with Crippen LogP contribution in [-0.4, -0.2) is 84.9 Å². The number of ether oxygens (including phenoxy) is 2. The first-order valence-electron chi connectivity index (χ1n) is 13.0. The fourth-order valence-electron chi connectivity index (χ4n) is 4.23. The van der Waals surface area contributed by atoms with Gasteiger partial charge in [-0.05, 0) is 57.2 Å². The Morgan fingerprint density at radius 2 is 1.85 bits per heavy atom. The van der Waals surface area contributed by atoms with Crippen LogP contribution in [0.5, 0.6) is 11.5 Å². The summed E-state index contributed by atoms with van der Waals surface area (Å²) in [4.78, 5) is 42.2. The van der Waals surface area contributed by atoms with Gasteiger partial charge in [-0.15, -0.1) is 0 Å². The SMILES string of the molecule is COc1ccc(NC(=O)N(C)C[C@H]2Oc3c(NC(=O)NC(C)C)cccc3C(=O)N([C@H](C)CO)C[C@@H]2C)cc1. The van der Waals surface area contributed by atoms with Gasteiger partial charge >= 0.3 is 12.1 Å². The summed E-state index contributed by atoms with van der Waals surface area (Å²) in [7, 11) is 3.23. The van der Waals surface area contributed by atoms with Gasteiger partial charge in [-0.3, -0.25) is 4.79 Å². The van der Waals surface area contributed by atoms with Crippen molar-refractivity contribution in [3.05, 3.63) is 48.0 Å². The van der Waals surface area contributed by atoms with Gasteiger partial charge in [-0.25, -0.2) is 9.59 Å². The van der Waals surface area contributed by atoms with Crippen molar-refractivity contribution in [1.82, 2.24) is 15.1 Å². The molecular formula is C28H39N5O6. The second-order valence-corrected chi connectivity index (χ2v) is 10.1. The zero-order valence-corrected chi connectivity index (χ0v) is 23.4. The number of nitrogens with one attached hydrogen (secondary N) is 3. The number of aliphatic hydroxyl groups is 1. The second-order valence-electron chi connectivity index (χ2n) is 10.1. The van der Waals surface area contributed by atoms with E-state index in [0.29, 0.717) is 23.7 Å². The quantitative estimate of drug-likeness (QED) is 0.404. The van der Waals surface area contributed by atoms with Crippen molar-refractivity contribution in [3.63, 3.8) is 0 Å². The fourth-order valence-corrected chi connectivity index (χ4v) is 4.23. The van der Waals surface area contributed by atoms with Crippen molar-refractivity contribution in [1.29, 1.82) is 0 Å². The van der Waals surface area contributed by atoms with E-state index in [4.69, 9.17) is 9.47 Å². The van der Waals surface area contributed by atoms with Crippen LogP contribution in [0.3, 0.4) is 0 Å². The van der Waals surface area contributed by atoms with E-state index in [1.165, 1.54) is 4.90 Å². The van der Waals surface area contributed by atoms with Crippen LogP contribution in [0.25, 0.3) is 0 Å². The van der Waals surface area contributed by atoms with E-state index in [1.807, 2.05) is 20.8 Å². The smallest absolute Gasteiger partial charge is 0.321 e. The van der Waals surface area contributed by atoms with Gasteiger partial charge in [0.15, 0.2) is 5.75 Å². The number of aliphatic hydroxyl groups excluding tert-OH is 1. The highest BCUT2D eigenvalue weighted by Crippen LogP contribution is 2.35. The van der Waals surface area contributed by atoms with E-state index in [9.17, 15) is 19.5 Å². The molecule has 0 spiro atoms. The van der Waals surface area contributed by atoms with Gasteiger partial charge in [0.25, 0.3) is 5.91 Å². The number of likely N-dealkylation sites (N-methyl/N-ethyl adjacent to an activating group) is 1. The zero-order chi connectivity index (χ0) is 28.7. The van der Waals surface area contributed by atoms with E-state index in [0.717, 1.165) is 0 Å². The van der Waals surface area contributed by atoms with Crippen molar-refractivity contribution in [2.24, 2.45) is 5.92 Å². The number of hydrogen-bond donors (Lipinski definition) is 4. The average Bonchev–Trinajstić information content (AvgIpc) is 2.90. The van der Waals surface area contributed by atoms with Crippen molar-refractivity contribution in [3.8, 4) is 11.5 Å². The van der Waals surface area contributed by atoms with Crippen LogP contribution in [0.4, 0.5) is 21.0 Å². The largest absolute Gasteiger partial charge is 0.497 e. The van der Waals surface area contributed by atoms with Crippen molar-refractivity contribution in [2.75, 3.05) is 44.5 Å². The second kappa shape index (κ2) is 13.2. The number of anilines is 2. The van der Waals surface area contributed by atoms with Gasteiger partial charge in [-0.1, -0.05) is 13.0 Å². The molecule has 1 aliphatic heterocycles. The minimum atomic E-state index is -0.534. The van der Waals surface area contributed by atoms with Crippen LogP contribution in [0.1, 0.15) is 38.1 Å². The number of fused-ring (bicyclic) bond motifs is 1. The third-order valence-corrected chi connectivity index (χ3v) is 6.50. The van der Waals surface area contributed by atoms with Crippen LogP contribution < -0.4 is 25.4 Å². The average molecular weight is 542 g/mol. The molecule has 0 saturated heterocycles. The Morgan fingerprint density at radius 3 is 2.46 bits per heavy atom. The summed E-state index contributed by atoms with van der Waals surface area (Å²) in [6.45, 7) is 7.68. The summed E-state index contributed by atoms with van der Waals surface area (Å²) in [6.07, 6.45) is -0.534. The third-order valence-electron chi connectivity index (χ3n) is 6.50. The standard InChI is InChI=1S/C28H39N5O6/c1-17(2)29-27(36)31-23-9-7-8-22-25(23)39-24(18(3)14-33(26(22)35)19(4)16-34)15-32(5)28(37)30-20-10-12-21(38-6)13-11-20/h7-13,17-19,24,34H,14-16H2,1-6H3,(H,30,37)(H2,29,31,36)/t18-,19+,24+/m0/s1. The van der Waals surface area contributed by atoms with Gasteiger partial charge < -0.3 is 40.3 Å². The molecule has 0 unspecified atom stereocenters. The van der Waals surface area contributed by atoms with E-state index in [1.54, 1.807) is 68.4 Å². The molecule has 0 aliphatic carbocycles. The first-order chi connectivity index (χ1) is 18.5. The predicted molar refractivity (Wildman–Crippen MR) is 150 cm³/mol. The number of nitrogens with zero attached hydrogens (tertiary/aromatic N) is 2. The molecule has 39 heavy (non-hydrogen) atoms. The molecule has 0 radical (unpaired) electrons. The molecule has 11 heteroatoms. The lowest BCUT2D eigenvalue weighted by atomic mass is 9.99. The Morgan fingerprint density at radius 1 is 1.15 bits per heavy atom. The molecule has 1 heterocycles. The first kappa shape index (κ1) is 29.6. The molecule has 2 aromatic rings. The molecule has 212 valence electrons. The monoisotopic (exact) mass is 541 g/mol. The van der Waals surface area contributed by atoms with Gasteiger partial charge in [0.05, 0.1) is 37.6 Å². The molecule has 4 N–H and O–H groups in total. The summed E-state index contributed by atoms with van der Waals surface area (Å²) in [5, 5.41) is 18.3. The van der Waals surface area contributed by atoms with Gasteiger partial charge in [-0.2, -0.15) is 0 Å². The zero-order valence-electron chi connectivity index (χ0n) is 23.4. The van der Waals surface area contributed by atoms with Gasteiger partial charge in [0, 0.05) is 31.2 Å². The Kier molecular flexibility index (Phi) is 10.00. The summed E-state index contributed by atoms with van der Waals surface area (Å²) in [5.74, 6) is 0.372. The minimum absolute atomic E-state index is 0.0930. The van der Waals surface area contributed by atoms with E-state index >= 15 is 0 Å². The molecule has 3 atom stereocenters. The Bertz CT molecular complexity index is 1160. The maximum Gasteiger partial charge on any atom is 0.321 e. The number of para-hydroxylation sites is 1. The number of carbonyl (C=O) groups excluding carboxylic acids is 3. The van der Waals surface area contributed by atoms with Gasteiger partial charge in [0.1, 0.15) is 11.9 Å². The predicted octanol–water partition coefficient (Wildman–Crippen LogP) is 3.61. The van der Waals surface area contributed by atoms with E-state index < -0.39 is 18.2 Å². The third kappa shape index (κ3) is 7.53. The lowest BCUT2D eigenvalue weighted by Crippen LogP contribution is -2.50. The number of carbonyl (C=O) groups is 3. The molecule has 0 fully saturated rings. The highest BCUT2D eigenvalue weighted by molar-refractivity contribution is 6.01. The highest BCUT2D eigenvalue weighted by atomic mass is 16.5. The summed E-state index contributed by atoms with van der Waals surface area (Å²) in [6, 6.07) is 10.7. The number of methoxy groups -OCH3 is 1. The normalized spacial score (nSPS) is 17.7. The summed E-state index contributed by atoms with van der Waals surface area (Å²) in [5.41, 5.74) is 1.21. The summed E-state index contributed by atoms with van der Waals surface area (Å²) < 4.78 is 11.6. The first-order valence-corrected chi connectivity index (χ1v) is 13.0. The van der Waals surface area contributed by atoms with Crippen molar-refractivity contribution < 1.29 is 29.0 Å². The summed E-state index contributed by atoms with van der Waals surface area (Å²) >= 11 is 0. The topological polar surface area (TPSA) is 132 Å². The van der Waals surface area contributed by atoms with Crippen molar-refractivity contribution in [2.45, 2.75) is 45.9 Å². The number of rotatable bonds is 8. The van der Waals surface area contributed by atoms with Crippen LogP contribution in [-0.2, 0) is 0 Å². The minimum Gasteiger partial charge on any atom is -0.497 e. The van der Waals surface area contributed by atoms with Crippen LogP contribution >= 0.6 is 0 Å². The van der Waals surface area contributed by atoms with Crippen LogP contribution in [0.2, 0.25) is 0 Å². The molecule has 2 aromatic carbocycles. The van der Waals surface area contributed by atoms with E-state index in [-0.39, 0.29) is 48.4 Å². The maximum atomic E-state index is 13.6. The van der Waals surface area contributed by atoms with E-state index in [2.05, 4.69) is 16.0 Å². The molecule has 0 aromatic heterocycles. The molecule has 11 nitrogen and oxygen atoms in total. The van der Waals surface area contributed by atoms with Crippen molar-refractivity contribution >= 4 is 29.3 Å². The Balaban J connectivity index is 1.90. The molecule has 0 saturated carbocycles. The lowest BCUT2D eigenvalue weighted by Gasteiger charge is -2.38. The molecule has 0 bridgehead atoms. The van der Waals surface area contributed by atoms with Crippen LogP contribution in [0, 0.1) is 5.92 Å². The molecule has 3 rings (SSSR count). The van der Waals surface area contributed by atoms with Crippen LogP contribution in [0.15, 0.2) is 42.5 Å². The maximum absolute atomic E-state index is 13.6. The highest BCUT2D eigenvalue weighted by Gasteiger charge is 2.35.